The molecule has 2 aliphatic rings. The van der Waals surface area contributed by atoms with Gasteiger partial charge in [-0.05, 0) is 37.9 Å². The molecule has 0 saturated carbocycles. The topological polar surface area (TPSA) is 48.5 Å². The van der Waals surface area contributed by atoms with Gasteiger partial charge < -0.3 is 16.0 Å². The summed E-state index contributed by atoms with van der Waals surface area (Å²) in [6.45, 7) is 7.38. The predicted octanol–water partition coefficient (Wildman–Crippen LogP) is 4.94. The number of nitrogens with zero attached hydrogens (tertiary/aromatic N) is 1. The summed E-state index contributed by atoms with van der Waals surface area (Å²) in [6.07, 6.45) is 5.42. The summed E-state index contributed by atoms with van der Waals surface area (Å²) in [6, 6.07) is 16.4. The number of rotatable bonds is 4. The fourth-order valence-electron chi connectivity index (χ4n) is 3.92. The fourth-order valence-corrected chi connectivity index (χ4v) is 4.16. The smallest absolute Gasteiger partial charge is 0.148 e. The maximum Gasteiger partial charge on any atom is 0.148 e. The minimum Gasteiger partial charge on any atom is -0.362 e. The summed E-state index contributed by atoms with van der Waals surface area (Å²) in [5, 5.41) is 11.4. The van der Waals surface area contributed by atoms with Crippen molar-refractivity contribution in [1.29, 1.82) is 0 Å². The average Bonchev–Trinajstić information content (AvgIpc) is 2.75. The Morgan fingerprint density at radius 3 is 2.69 bits per heavy atom. The van der Waals surface area contributed by atoms with Gasteiger partial charge in [-0.3, -0.25) is 0 Å². The van der Waals surface area contributed by atoms with Crippen molar-refractivity contribution in [2.24, 2.45) is 4.99 Å². The normalized spacial score (nSPS) is 21.6. The summed E-state index contributed by atoms with van der Waals surface area (Å²) in [5.74, 6) is 0.796. The Labute approximate surface area is 177 Å². The standard InChI is InChI=1S/C24H27ClN4/c1-16-9-3-4-10-18(16)17(2)27-23-15-22(21-13-7-8-14-26-21)28-24(29-23)19-11-5-6-12-20(19)25/h3-6,9-12,15,21,24,26,28H,2,7-8,13-14H2,1H3,(H,27,29). The third-order valence-corrected chi connectivity index (χ3v) is 5.84. The number of hydrogen-bond acceptors (Lipinski definition) is 4. The third kappa shape index (κ3) is 4.55. The summed E-state index contributed by atoms with van der Waals surface area (Å²) in [4.78, 5) is 4.90. The lowest BCUT2D eigenvalue weighted by atomic mass is 9.99. The van der Waals surface area contributed by atoms with Crippen LogP contribution in [0, 0.1) is 6.92 Å². The lowest BCUT2D eigenvalue weighted by Crippen LogP contribution is -2.43. The van der Waals surface area contributed by atoms with E-state index in [2.05, 4.69) is 47.7 Å². The molecular weight excluding hydrogens is 380 g/mol. The summed E-state index contributed by atoms with van der Waals surface area (Å²) in [5.41, 5.74) is 5.23. The average molecular weight is 407 g/mol. The molecule has 3 N–H and O–H groups in total. The Bertz CT molecular complexity index is 957. The van der Waals surface area contributed by atoms with Gasteiger partial charge in [0, 0.05) is 39.7 Å². The van der Waals surface area contributed by atoms with E-state index in [9.17, 15) is 0 Å². The molecule has 2 aromatic carbocycles. The molecule has 0 spiro atoms. The Balaban J connectivity index is 1.64. The Morgan fingerprint density at radius 1 is 1.14 bits per heavy atom. The van der Waals surface area contributed by atoms with Crippen LogP contribution in [-0.4, -0.2) is 18.4 Å². The highest BCUT2D eigenvalue weighted by Crippen LogP contribution is 2.28. The van der Waals surface area contributed by atoms with E-state index in [1.807, 2.05) is 36.4 Å². The highest BCUT2D eigenvalue weighted by atomic mass is 35.5. The van der Waals surface area contributed by atoms with Crippen LogP contribution >= 0.6 is 11.6 Å². The van der Waals surface area contributed by atoms with Crippen LogP contribution in [0.3, 0.4) is 0 Å². The monoisotopic (exact) mass is 406 g/mol. The molecule has 1 fully saturated rings. The second-order valence-electron chi connectivity index (χ2n) is 7.60. The summed E-state index contributed by atoms with van der Waals surface area (Å²) >= 11 is 6.48. The zero-order chi connectivity index (χ0) is 20.2. The van der Waals surface area contributed by atoms with Crippen LogP contribution in [-0.2, 0) is 0 Å². The molecule has 0 amide bonds. The number of halogens is 1. The molecule has 0 bridgehead atoms. The molecule has 2 atom stereocenters. The maximum absolute atomic E-state index is 6.48. The molecule has 2 heterocycles. The predicted molar refractivity (Wildman–Crippen MR) is 122 cm³/mol. The van der Waals surface area contributed by atoms with Crippen LogP contribution in [0.4, 0.5) is 0 Å². The lowest BCUT2D eigenvalue weighted by Gasteiger charge is -2.32. The van der Waals surface area contributed by atoms with Crippen molar-refractivity contribution >= 4 is 23.1 Å². The van der Waals surface area contributed by atoms with Crippen LogP contribution in [0.1, 0.15) is 42.1 Å². The molecule has 4 rings (SSSR count). The Hall–Kier alpha value is -2.56. The SMILES string of the molecule is C=C(NC1=NC(c2ccccc2Cl)NC(C2CCCCN2)=C1)c1ccccc1C. The fraction of sp³-hybridized carbons (Fsp3) is 0.292. The number of benzene rings is 2. The van der Waals surface area contributed by atoms with E-state index in [1.165, 1.54) is 18.4 Å². The molecule has 0 aromatic heterocycles. The molecule has 2 aromatic rings. The molecule has 150 valence electrons. The van der Waals surface area contributed by atoms with E-state index in [4.69, 9.17) is 16.6 Å². The Kier molecular flexibility index (Phi) is 6.02. The second-order valence-corrected chi connectivity index (χ2v) is 8.01. The maximum atomic E-state index is 6.48. The second kappa shape index (κ2) is 8.85. The molecule has 4 nitrogen and oxygen atoms in total. The van der Waals surface area contributed by atoms with Gasteiger partial charge in [0.1, 0.15) is 12.0 Å². The Morgan fingerprint density at radius 2 is 1.93 bits per heavy atom. The highest BCUT2D eigenvalue weighted by Gasteiger charge is 2.25. The van der Waals surface area contributed by atoms with Crippen LogP contribution in [0.15, 0.2) is 71.9 Å². The van der Waals surface area contributed by atoms with Crippen molar-refractivity contribution in [3.63, 3.8) is 0 Å². The molecule has 5 heteroatoms. The van der Waals surface area contributed by atoms with Gasteiger partial charge >= 0.3 is 0 Å². The first kappa shape index (κ1) is 19.7. The van der Waals surface area contributed by atoms with Crippen molar-refractivity contribution in [1.82, 2.24) is 16.0 Å². The largest absolute Gasteiger partial charge is 0.362 e. The van der Waals surface area contributed by atoms with Crippen LogP contribution in [0.25, 0.3) is 5.70 Å². The van der Waals surface area contributed by atoms with Crippen molar-refractivity contribution in [2.45, 2.75) is 38.4 Å². The first-order chi connectivity index (χ1) is 14.1. The van der Waals surface area contributed by atoms with Gasteiger partial charge in [0.25, 0.3) is 0 Å². The van der Waals surface area contributed by atoms with E-state index in [0.29, 0.717) is 11.1 Å². The van der Waals surface area contributed by atoms with E-state index in [0.717, 1.165) is 41.3 Å². The van der Waals surface area contributed by atoms with Gasteiger partial charge in [-0.25, -0.2) is 4.99 Å². The van der Waals surface area contributed by atoms with Gasteiger partial charge in [0.15, 0.2) is 0 Å². The summed E-state index contributed by atoms with van der Waals surface area (Å²) < 4.78 is 0. The van der Waals surface area contributed by atoms with Crippen molar-refractivity contribution in [3.8, 4) is 0 Å². The molecular formula is C24H27ClN4. The van der Waals surface area contributed by atoms with E-state index >= 15 is 0 Å². The zero-order valence-corrected chi connectivity index (χ0v) is 17.5. The quantitative estimate of drug-likeness (QED) is 0.674. The van der Waals surface area contributed by atoms with Crippen molar-refractivity contribution < 1.29 is 0 Å². The third-order valence-electron chi connectivity index (χ3n) is 5.50. The number of aliphatic imine (C=N–C) groups is 1. The lowest BCUT2D eigenvalue weighted by molar-refractivity contribution is 0.411. The van der Waals surface area contributed by atoms with Gasteiger partial charge in [0.05, 0.1) is 0 Å². The van der Waals surface area contributed by atoms with Crippen LogP contribution < -0.4 is 16.0 Å². The number of hydrogen-bond donors (Lipinski definition) is 3. The van der Waals surface area contributed by atoms with Crippen molar-refractivity contribution in [3.05, 3.63) is 88.6 Å². The number of piperidine rings is 1. The zero-order valence-electron chi connectivity index (χ0n) is 16.7. The van der Waals surface area contributed by atoms with Gasteiger partial charge in [-0.1, -0.05) is 67.1 Å². The minimum atomic E-state index is -0.236. The van der Waals surface area contributed by atoms with Gasteiger partial charge in [-0.2, -0.15) is 0 Å². The number of nitrogens with one attached hydrogen (secondary N) is 3. The molecule has 0 radical (unpaired) electrons. The number of amidine groups is 1. The van der Waals surface area contributed by atoms with E-state index < -0.39 is 0 Å². The first-order valence-electron chi connectivity index (χ1n) is 10.2. The van der Waals surface area contributed by atoms with E-state index in [-0.39, 0.29) is 6.17 Å². The van der Waals surface area contributed by atoms with Gasteiger partial charge in [-0.15, -0.1) is 0 Å². The van der Waals surface area contributed by atoms with Crippen molar-refractivity contribution in [2.75, 3.05) is 6.54 Å². The molecule has 29 heavy (non-hydrogen) atoms. The molecule has 0 aliphatic carbocycles. The van der Waals surface area contributed by atoms with Crippen LogP contribution in [0.2, 0.25) is 5.02 Å². The summed E-state index contributed by atoms with van der Waals surface area (Å²) in [7, 11) is 0. The van der Waals surface area contributed by atoms with Gasteiger partial charge in [0.2, 0.25) is 0 Å². The molecule has 1 saturated heterocycles. The number of aryl methyl sites for hydroxylation is 1. The molecule has 2 unspecified atom stereocenters. The molecule has 2 aliphatic heterocycles. The minimum absolute atomic E-state index is 0.236. The first-order valence-corrected chi connectivity index (χ1v) is 10.6. The van der Waals surface area contributed by atoms with Crippen LogP contribution in [0.5, 0.6) is 0 Å². The highest BCUT2D eigenvalue weighted by molar-refractivity contribution is 6.31. The van der Waals surface area contributed by atoms with E-state index in [1.54, 1.807) is 0 Å².